The molecule has 2 rings (SSSR count). The average Bonchev–Trinajstić information content (AvgIpc) is 2.39. The van der Waals surface area contributed by atoms with E-state index in [0.29, 0.717) is 27.2 Å². The molecule has 0 aliphatic rings. The number of nitrogen functional groups attached to an aromatic ring is 1. The standard InChI is InChI=1S/C15H15ClN4OS/c1-9(21)18-13-6-10(16)7-14(8-13)20-15(22)19-12-4-2-11(17)3-5-12/h2-8H,17H2,1H3,(H,18,21)(H2,19,20,22). The summed E-state index contributed by atoms with van der Waals surface area (Å²) >= 11 is 11.3. The van der Waals surface area contributed by atoms with Crippen LogP contribution in [0.25, 0.3) is 0 Å². The zero-order chi connectivity index (χ0) is 16.1. The molecule has 0 aliphatic carbocycles. The minimum absolute atomic E-state index is 0.171. The normalized spacial score (nSPS) is 9.91. The first-order chi connectivity index (χ1) is 10.4. The third kappa shape index (κ3) is 4.91. The van der Waals surface area contributed by atoms with Crippen molar-refractivity contribution in [2.45, 2.75) is 6.92 Å². The predicted octanol–water partition coefficient (Wildman–Crippen LogP) is 3.69. The van der Waals surface area contributed by atoms with Crippen molar-refractivity contribution in [1.29, 1.82) is 0 Å². The first-order valence-electron chi connectivity index (χ1n) is 6.44. The van der Waals surface area contributed by atoms with Crippen LogP contribution in [-0.4, -0.2) is 11.0 Å². The number of nitrogens with two attached hydrogens (primary N) is 1. The Bertz CT molecular complexity index is 703. The predicted molar refractivity (Wildman–Crippen MR) is 96.5 cm³/mol. The van der Waals surface area contributed by atoms with Crippen LogP contribution < -0.4 is 21.7 Å². The molecule has 0 atom stereocenters. The fourth-order valence-corrected chi connectivity index (χ4v) is 2.27. The Morgan fingerprint density at radius 1 is 1.00 bits per heavy atom. The molecule has 0 aliphatic heterocycles. The number of halogens is 1. The van der Waals surface area contributed by atoms with Crippen LogP contribution in [0.4, 0.5) is 22.7 Å². The molecule has 0 saturated heterocycles. The Kier molecular flexibility index (Phi) is 5.19. The van der Waals surface area contributed by atoms with Gasteiger partial charge in [-0.15, -0.1) is 0 Å². The Morgan fingerprint density at radius 2 is 1.55 bits per heavy atom. The number of carbonyl (C=O) groups is 1. The Balaban J connectivity index is 2.06. The molecule has 0 aromatic heterocycles. The third-order valence-corrected chi connectivity index (χ3v) is 3.07. The minimum Gasteiger partial charge on any atom is -0.399 e. The lowest BCUT2D eigenvalue weighted by molar-refractivity contribution is -0.114. The van der Waals surface area contributed by atoms with Crippen molar-refractivity contribution in [2.24, 2.45) is 0 Å². The summed E-state index contributed by atoms with van der Waals surface area (Å²) < 4.78 is 0. The fraction of sp³-hybridized carbons (Fsp3) is 0.0667. The summed E-state index contributed by atoms with van der Waals surface area (Å²) in [5.74, 6) is -0.171. The maximum atomic E-state index is 11.1. The van der Waals surface area contributed by atoms with Crippen LogP contribution >= 0.6 is 23.8 Å². The van der Waals surface area contributed by atoms with Gasteiger partial charge in [-0.1, -0.05) is 11.6 Å². The van der Waals surface area contributed by atoms with E-state index >= 15 is 0 Å². The number of hydrogen-bond donors (Lipinski definition) is 4. The van der Waals surface area contributed by atoms with Crippen LogP contribution in [0.2, 0.25) is 5.02 Å². The largest absolute Gasteiger partial charge is 0.399 e. The molecule has 0 fully saturated rings. The van der Waals surface area contributed by atoms with Gasteiger partial charge in [0.25, 0.3) is 0 Å². The maximum absolute atomic E-state index is 11.1. The van der Waals surface area contributed by atoms with Crippen LogP contribution in [0.3, 0.4) is 0 Å². The van der Waals surface area contributed by atoms with Gasteiger partial charge in [0.05, 0.1) is 0 Å². The summed E-state index contributed by atoms with van der Waals surface area (Å²) in [7, 11) is 0. The number of anilines is 4. The van der Waals surface area contributed by atoms with Gasteiger partial charge in [0, 0.05) is 34.7 Å². The van der Waals surface area contributed by atoms with Crippen LogP contribution in [0.15, 0.2) is 42.5 Å². The number of nitrogens with one attached hydrogen (secondary N) is 3. The molecule has 114 valence electrons. The second-order valence-corrected chi connectivity index (χ2v) is 5.46. The second-order valence-electron chi connectivity index (χ2n) is 4.61. The van der Waals surface area contributed by atoms with E-state index in [1.807, 2.05) is 12.1 Å². The van der Waals surface area contributed by atoms with E-state index in [0.717, 1.165) is 5.69 Å². The van der Waals surface area contributed by atoms with E-state index in [1.54, 1.807) is 30.3 Å². The number of amides is 1. The molecule has 0 radical (unpaired) electrons. The zero-order valence-electron chi connectivity index (χ0n) is 11.8. The zero-order valence-corrected chi connectivity index (χ0v) is 13.4. The quantitative estimate of drug-likeness (QED) is 0.508. The van der Waals surface area contributed by atoms with Crippen molar-refractivity contribution < 1.29 is 4.79 Å². The molecule has 5 nitrogen and oxygen atoms in total. The van der Waals surface area contributed by atoms with Crippen LogP contribution in [0.1, 0.15) is 6.92 Å². The van der Waals surface area contributed by atoms with Crippen molar-refractivity contribution in [3.8, 4) is 0 Å². The number of carbonyl (C=O) groups excluding carboxylic acids is 1. The summed E-state index contributed by atoms with van der Waals surface area (Å²) in [6.07, 6.45) is 0. The molecule has 2 aromatic rings. The van der Waals surface area contributed by atoms with Crippen LogP contribution in [-0.2, 0) is 4.79 Å². The number of thiocarbonyl (C=S) groups is 1. The monoisotopic (exact) mass is 334 g/mol. The van der Waals surface area contributed by atoms with Gasteiger partial charge in [0.15, 0.2) is 5.11 Å². The van der Waals surface area contributed by atoms with Gasteiger partial charge < -0.3 is 21.7 Å². The lowest BCUT2D eigenvalue weighted by Crippen LogP contribution is -2.19. The molecule has 0 saturated carbocycles. The average molecular weight is 335 g/mol. The van der Waals surface area contributed by atoms with Crippen molar-refractivity contribution in [3.05, 3.63) is 47.5 Å². The minimum atomic E-state index is -0.171. The molecular weight excluding hydrogens is 320 g/mol. The molecule has 7 heteroatoms. The summed E-state index contributed by atoms with van der Waals surface area (Å²) in [5.41, 5.74) is 8.39. The van der Waals surface area contributed by atoms with E-state index in [4.69, 9.17) is 29.6 Å². The summed E-state index contributed by atoms with van der Waals surface area (Å²) in [6.45, 7) is 1.43. The molecule has 0 unspecified atom stereocenters. The van der Waals surface area contributed by atoms with E-state index in [9.17, 15) is 4.79 Å². The number of benzene rings is 2. The van der Waals surface area contributed by atoms with Crippen molar-refractivity contribution in [2.75, 3.05) is 21.7 Å². The third-order valence-electron chi connectivity index (χ3n) is 2.64. The lowest BCUT2D eigenvalue weighted by Gasteiger charge is -2.12. The lowest BCUT2D eigenvalue weighted by atomic mass is 10.2. The summed E-state index contributed by atoms with van der Waals surface area (Å²) in [5, 5.41) is 9.61. The Hall–Kier alpha value is -2.31. The highest BCUT2D eigenvalue weighted by Crippen LogP contribution is 2.23. The molecule has 5 N–H and O–H groups in total. The van der Waals surface area contributed by atoms with Crippen molar-refractivity contribution in [3.63, 3.8) is 0 Å². The Morgan fingerprint density at radius 3 is 2.14 bits per heavy atom. The van der Waals surface area contributed by atoms with Crippen molar-refractivity contribution in [1.82, 2.24) is 0 Å². The summed E-state index contributed by atoms with van der Waals surface area (Å²) in [6, 6.07) is 12.3. The second kappa shape index (κ2) is 7.11. The highest BCUT2D eigenvalue weighted by Gasteiger charge is 2.04. The van der Waals surface area contributed by atoms with Gasteiger partial charge in [-0.25, -0.2) is 0 Å². The molecular formula is C15H15ClN4OS. The van der Waals surface area contributed by atoms with Crippen LogP contribution in [0, 0.1) is 0 Å². The molecule has 22 heavy (non-hydrogen) atoms. The Labute approximate surface area is 138 Å². The van der Waals surface area contributed by atoms with E-state index < -0.39 is 0 Å². The number of hydrogen-bond acceptors (Lipinski definition) is 3. The number of rotatable bonds is 3. The van der Waals surface area contributed by atoms with Gasteiger partial charge in [-0.2, -0.15) is 0 Å². The highest BCUT2D eigenvalue weighted by atomic mass is 35.5. The van der Waals surface area contributed by atoms with Gasteiger partial charge in [0.2, 0.25) is 5.91 Å². The maximum Gasteiger partial charge on any atom is 0.221 e. The summed E-state index contributed by atoms with van der Waals surface area (Å²) in [4.78, 5) is 11.1. The van der Waals surface area contributed by atoms with E-state index in [1.165, 1.54) is 6.92 Å². The smallest absolute Gasteiger partial charge is 0.221 e. The SMILES string of the molecule is CC(=O)Nc1cc(Cl)cc(NC(=S)Nc2ccc(N)cc2)c1. The fourth-order valence-electron chi connectivity index (χ4n) is 1.80. The molecule has 0 bridgehead atoms. The van der Waals surface area contributed by atoms with Gasteiger partial charge in [0.1, 0.15) is 0 Å². The first-order valence-corrected chi connectivity index (χ1v) is 7.23. The topological polar surface area (TPSA) is 79.2 Å². The molecule has 0 heterocycles. The van der Waals surface area contributed by atoms with E-state index in [2.05, 4.69) is 16.0 Å². The van der Waals surface area contributed by atoms with Crippen molar-refractivity contribution >= 4 is 57.6 Å². The molecule has 2 aromatic carbocycles. The van der Waals surface area contributed by atoms with E-state index in [-0.39, 0.29) is 5.91 Å². The molecule has 1 amide bonds. The van der Waals surface area contributed by atoms with Gasteiger partial charge in [-0.3, -0.25) is 4.79 Å². The van der Waals surface area contributed by atoms with Gasteiger partial charge >= 0.3 is 0 Å². The van der Waals surface area contributed by atoms with Gasteiger partial charge in [-0.05, 0) is 54.7 Å². The van der Waals surface area contributed by atoms with Crippen LogP contribution in [0.5, 0.6) is 0 Å². The molecule has 0 spiro atoms. The highest BCUT2D eigenvalue weighted by molar-refractivity contribution is 7.80. The first kappa shape index (κ1) is 16.1.